The van der Waals surface area contributed by atoms with E-state index >= 15 is 0 Å². The zero-order valence-corrected chi connectivity index (χ0v) is 13.0. The second-order valence-electron chi connectivity index (χ2n) is 4.83. The lowest BCUT2D eigenvalue weighted by molar-refractivity contribution is -0.0493. The number of nitrogens with one attached hydrogen (secondary N) is 2. The maximum absolute atomic E-state index is 12.5. The molecule has 6 heteroatoms. The molecule has 0 atom stereocenters. The van der Waals surface area contributed by atoms with Crippen molar-refractivity contribution in [2.45, 2.75) is 20.5 Å². The van der Waals surface area contributed by atoms with Crippen LogP contribution in [0.3, 0.4) is 0 Å². The molecule has 2 aromatic carbocycles. The largest absolute Gasteiger partial charge is 0.433 e. The van der Waals surface area contributed by atoms with Crippen molar-refractivity contribution in [2.24, 2.45) is 0 Å². The van der Waals surface area contributed by atoms with Crippen LogP contribution < -0.4 is 15.4 Å². The highest BCUT2D eigenvalue weighted by molar-refractivity contribution is 7.80. The lowest BCUT2D eigenvalue weighted by Crippen LogP contribution is -2.20. The van der Waals surface area contributed by atoms with Gasteiger partial charge in [-0.2, -0.15) is 8.78 Å². The van der Waals surface area contributed by atoms with Crippen molar-refractivity contribution in [2.75, 3.05) is 10.6 Å². The summed E-state index contributed by atoms with van der Waals surface area (Å²) in [6.07, 6.45) is 0. The Morgan fingerprint density at radius 3 is 2.45 bits per heavy atom. The minimum Gasteiger partial charge on any atom is -0.433 e. The molecule has 0 aliphatic carbocycles. The predicted molar refractivity (Wildman–Crippen MR) is 88.8 cm³/mol. The number of alkyl halides is 2. The third-order valence-corrected chi connectivity index (χ3v) is 3.08. The summed E-state index contributed by atoms with van der Waals surface area (Å²) in [7, 11) is 0. The first-order valence-electron chi connectivity index (χ1n) is 6.64. The topological polar surface area (TPSA) is 33.3 Å². The average Bonchev–Trinajstić information content (AvgIpc) is 2.41. The van der Waals surface area contributed by atoms with Crippen LogP contribution in [0.5, 0.6) is 5.75 Å². The molecule has 0 aliphatic rings. The number of anilines is 2. The van der Waals surface area contributed by atoms with Gasteiger partial charge < -0.3 is 15.4 Å². The Morgan fingerprint density at radius 2 is 1.77 bits per heavy atom. The summed E-state index contributed by atoms with van der Waals surface area (Å²) in [6, 6.07) is 12.6. The molecule has 0 amide bonds. The molecule has 0 unspecified atom stereocenters. The zero-order valence-electron chi connectivity index (χ0n) is 12.2. The SMILES string of the molecule is Cc1cccc(NC(=S)Nc2ccc(C)cc2OC(F)F)c1. The van der Waals surface area contributed by atoms with Crippen molar-refractivity contribution in [1.29, 1.82) is 0 Å². The first-order valence-corrected chi connectivity index (χ1v) is 7.05. The van der Waals surface area contributed by atoms with Crippen molar-refractivity contribution in [1.82, 2.24) is 0 Å². The lowest BCUT2D eigenvalue weighted by Gasteiger charge is -2.15. The Hall–Kier alpha value is -2.21. The van der Waals surface area contributed by atoms with Crippen LogP contribution in [0.4, 0.5) is 20.2 Å². The highest BCUT2D eigenvalue weighted by Gasteiger charge is 2.11. The van der Waals surface area contributed by atoms with E-state index in [1.807, 2.05) is 31.2 Å². The number of aryl methyl sites for hydroxylation is 2. The lowest BCUT2D eigenvalue weighted by atomic mass is 10.2. The van der Waals surface area contributed by atoms with Crippen LogP contribution >= 0.6 is 12.2 Å². The second kappa shape index (κ2) is 7.17. The van der Waals surface area contributed by atoms with Crippen LogP contribution in [0, 0.1) is 13.8 Å². The highest BCUT2D eigenvalue weighted by Crippen LogP contribution is 2.27. The molecule has 0 spiro atoms. The smallest absolute Gasteiger partial charge is 0.387 e. The van der Waals surface area contributed by atoms with Gasteiger partial charge in [0.05, 0.1) is 5.69 Å². The van der Waals surface area contributed by atoms with Crippen molar-refractivity contribution in [3.05, 3.63) is 53.6 Å². The third-order valence-electron chi connectivity index (χ3n) is 2.88. The molecule has 2 aromatic rings. The van der Waals surface area contributed by atoms with Crippen LogP contribution in [-0.4, -0.2) is 11.7 Å². The first-order chi connectivity index (χ1) is 10.4. The van der Waals surface area contributed by atoms with Crippen LogP contribution in [0.25, 0.3) is 0 Å². The van der Waals surface area contributed by atoms with E-state index in [-0.39, 0.29) is 5.75 Å². The number of halogens is 2. The summed E-state index contributed by atoms with van der Waals surface area (Å²) < 4.78 is 29.4. The molecule has 3 nitrogen and oxygen atoms in total. The van der Waals surface area contributed by atoms with E-state index in [4.69, 9.17) is 12.2 Å². The molecular weight excluding hydrogens is 306 g/mol. The first kappa shape index (κ1) is 16.2. The summed E-state index contributed by atoms with van der Waals surface area (Å²) in [5, 5.41) is 6.18. The minimum atomic E-state index is -2.89. The van der Waals surface area contributed by atoms with Crippen LogP contribution in [0.1, 0.15) is 11.1 Å². The van der Waals surface area contributed by atoms with Gasteiger partial charge >= 0.3 is 6.61 Å². The molecule has 116 valence electrons. The number of hydrogen-bond donors (Lipinski definition) is 2. The number of benzene rings is 2. The number of thiocarbonyl (C=S) groups is 1. The predicted octanol–water partition coefficient (Wildman–Crippen LogP) is 4.71. The van der Waals surface area contributed by atoms with E-state index in [0.717, 1.165) is 16.8 Å². The molecular formula is C16H16F2N2OS. The zero-order chi connectivity index (χ0) is 16.1. The van der Waals surface area contributed by atoms with Crippen LogP contribution in [0.2, 0.25) is 0 Å². The number of hydrogen-bond acceptors (Lipinski definition) is 2. The fourth-order valence-corrected chi connectivity index (χ4v) is 2.16. The van der Waals surface area contributed by atoms with Crippen LogP contribution in [-0.2, 0) is 0 Å². The molecule has 0 saturated heterocycles. The Morgan fingerprint density at radius 1 is 1.05 bits per heavy atom. The summed E-state index contributed by atoms with van der Waals surface area (Å²) in [6.45, 7) is 0.877. The molecule has 0 saturated carbocycles. The maximum atomic E-state index is 12.5. The van der Waals surface area contributed by atoms with E-state index in [1.54, 1.807) is 19.1 Å². The standard InChI is InChI=1S/C16H16F2N2OS/c1-10-4-3-5-12(8-10)19-16(22)20-13-7-6-11(2)9-14(13)21-15(17)18/h3-9,15H,1-2H3,(H2,19,20,22). The minimum absolute atomic E-state index is 0.0587. The Labute approximate surface area is 133 Å². The normalized spacial score (nSPS) is 10.4. The van der Waals surface area contributed by atoms with Crippen molar-refractivity contribution >= 4 is 28.7 Å². The Balaban J connectivity index is 2.11. The molecule has 0 radical (unpaired) electrons. The molecule has 0 aromatic heterocycles. The van der Waals surface area contributed by atoms with Gasteiger partial charge in [-0.15, -0.1) is 0 Å². The summed E-state index contributed by atoms with van der Waals surface area (Å²) in [5.74, 6) is 0.0587. The molecule has 0 heterocycles. The van der Waals surface area contributed by atoms with Gasteiger partial charge in [0.2, 0.25) is 0 Å². The molecule has 2 N–H and O–H groups in total. The monoisotopic (exact) mass is 322 g/mol. The molecule has 22 heavy (non-hydrogen) atoms. The highest BCUT2D eigenvalue weighted by atomic mass is 32.1. The second-order valence-corrected chi connectivity index (χ2v) is 5.23. The van der Waals surface area contributed by atoms with Crippen molar-refractivity contribution in [3.8, 4) is 5.75 Å². The van der Waals surface area contributed by atoms with E-state index in [2.05, 4.69) is 15.4 Å². The van der Waals surface area contributed by atoms with E-state index in [0.29, 0.717) is 10.8 Å². The van der Waals surface area contributed by atoms with Gasteiger partial charge in [-0.05, 0) is 61.5 Å². The van der Waals surface area contributed by atoms with E-state index in [9.17, 15) is 8.78 Å². The van der Waals surface area contributed by atoms with Crippen molar-refractivity contribution < 1.29 is 13.5 Å². The Kier molecular flexibility index (Phi) is 5.27. The number of rotatable bonds is 4. The summed E-state index contributed by atoms with van der Waals surface area (Å²) >= 11 is 5.20. The fourth-order valence-electron chi connectivity index (χ4n) is 1.93. The third kappa shape index (κ3) is 4.66. The average molecular weight is 322 g/mol. The summed E-state index contributed by atoms with van der Waals surface area (Å²) in [4.78, 5) is 0. The number of ether oxygens (including phenoxy) is 1. The summed E-state index contributed by atoms with van der Waals surface area (Å²) in [5.41, 5.74) is 3.11. The van der Waals surface area contributed by atoms with Gasteiger partial charge in [-0.1, -0.05) is 18.2 Å². The quantitative estimate of drug-likeness (QED) is 0.799. The van der Waals surface area contributed by atoms with E-state index in [1.165, 1.54) is 6.07 Å². The Bertz CT molecular complexity index is 677. The van der Waals surface area contributed by atoms with Gasteiger partial charge in [-0.3, -0.25) is 0 Å². The van der Waals surface area contributed by atoms with Gasteiger partial charge in [0, 0.05) is 5.69 Å². The van der Waals surface area contributed by atoms with Gasteiger partial charge in [0.25, 0.3) is 0 Å². The van der Waals surface area contributed by atoms with Crippen LogP contribution in [0.15, 0.2) is 42.5 Å². The van der Waals surface area contributed by atoms with Gasteiger partial charge in [0.1, 0.15) is 5.75 Å². The fraction of sp³-hybridized carbons (Fsp3) is 0.188. The molecule has 0 aliphatic heterocycles. The van der Waals surface area contributed by atoms with E-state index < -0.39 is 6.61 Å². The van der Waals surface area contributed by atoms with Gasteiger partial charge in [0.15, 0.2) is 5.11 Å². The maximum Gasteiger partial charge on any atom is 0.387 e. The van der Waals surface area contributed by atoms with Crippen molar-refractivity contribution in [3.63, 3.8) is 0 Å². The molecule has 2 rings (SSSR count). The molecule has 0 bridgehead atoms. The molecule has 0 fully saturated rings. The van der Waals surface area contributed by atoms with Gasteiger partial charge in [-0.25, -0.2) is 0 Å².